The van der Waals surface area contributed by atoms with Crippen LogP contribution in [-0.4, -0.2) is 50.1 Å². The number of hydrogen-bond acceptors (Lipinski definition) is 7. The Morgan fingerprint density at radius 1 is 0.771 bits per heavy atom. The number of hydrogen-bond donors (Lipinski definition) is 3. The van der Waals surface area contributed by atoms with Gasteiger partial charge >= 0.3 is 40.1 Å². The molecule has 2 aromatic carbocycles. The first-order valence-electron chi connectivity index (χ1n) is 7.97. The predicted octanol–water partition coefficient (Wildman–Crippen LogP) is 2.42. The topological polar surface area (TPSA) is 118 Å². The summed E-state index contributed by atoms with van der Waals surface area (Å²) in [5.74, 6) is -5.81. The molecular formula is C16H13F8NaO6S4. The molecule has 0 bridgehead atoms. The summed E-state index contributed by atoms with van der Waals surface area (Å²) in [6.07, 6.45) is 0. The fourth-order valence-electron chi connectivity index (χ4n) is 1.61. The molecule has 0 aliphatic carbocycles. The molecule has 6 nitrogen and oxygen atoms in total. The largest absolute Gasteiger partial charge is 1.00 e. The first kappa shape index (κ1) is 36.9. The van der Waals surface area contributed by atoms with E-state index in [1.807, 2.05) is 0 Å². The SMILES string of the molecule is O=S(O)C(F)(F)CSc1ccc(F)cc1F.O=S([O-])C(F)(F)CSc1ccc(F)cc1F.OO.[Na+]. The van der Waals surface area contributed by atoms with E-state index in [0.717, 1.165) is 24.3 Å². The van der Waals surface area contributed by atoms with Crippen LogP contribution >= 0.6 is 23.5 Å². The monoisotopic (exact) mass is 604 g/mol. The van der Waals surface area contributed by atoms with Crippen molar-refractivity contribution in [3.63, 3.8) is 0 Å². The fraction of sp³-hybridized carbons (Fsp3) is 0.250. The third-order valence-electron chi connectivity index (χ3n) is 3.08. The van der Waals surface area contributed by atoms with Gasteiger partial charge in [-0.05, 0) is 24.3 Å². The van der Waals surface area contributed by atoms with Crippen LogP contribution < -0.4 is 29.6 Å². The maximum atomic E-state index is 13.0. The zero-order valence-electron chi connectivity index (χ0n) is 17.1. The molecule has 2 atom stereocenters. The Bertz CT molecular complexity index is 912. The van der Waals surface area contributed by atoms with Crippen LogP contribution in [-0.2, 0) is 22.2 Å². The van der Waals surface area contributed by atoms with Crippen molar-refractivity contribution < 1.29 is 92.7 Å². The summed E-state index contributed by atoms with van der Waals surface area (Å²) >= 11 is -6.22. The van der Waals surface area contributed by atoms with Crippen molar-refractivity contribution in [3.8, 4) is 0 Å². The minimum Gasteiger partial charge on any atom is -0.768 e. The number of rotatable bonds is 8. The zero-order valence-corrected chi connectivity index (χ0v) is 22.4. The van der Waals surface area contributed by atoms with Crippen molar-refractivity contribution in [2.45, 2.75) is 20.3 Å². The maximum Gasteiger partial charge on any atom is 1.00 e. The van der Waals surface area contributed by atoms with E-state index in [4.69, 9.17) is 15.1 Å². The summed E-state index contributed by atoms with van der Waals surface area (Å²) in [5.41, 5.74) is 0. The molecule has 194 valence electrons. The van der Waals surface area contributed by atoms with Gasteiger partial charge in [0.25, 0.3) is 0 Å². The van der Waals surface area contributed by atoms with Crippen molar-refractivity contribution in [1.82, 2.24) is 0 Å². The van der Waals surface area contributed by atoms with Crippen LogP contribution in [0.5, 0.6) is 0 Å². The molecule has 0 saturated heterocycles. The molecule has 0 fully saturated rings. The van der Waals surface area contributed by atoms with Gasteiger partial charge in [0, 0.05) is 33.0 Å². The third kappa shape index (κ3) is 13.7. The quantitative estimate of drug-likeness (QED) is 0.105. The summed E-state index contributed by atoms with van der Waals surface area (Å²) < 4.78 is 140. The average Bonchev–Trinajstić information content (AvgIpc) is 2.74. The zero-order chi connectivity index (χ0) is 26.7. The van der Waals surface area contributed by atoms with Gasteiger partial charge in [0.15, 0.2) is 0 Å². The van der Waals surface area contributed by atoms with Gasteiger partial charge in [-0.3, -0.25) is 14.7 Å². The van der Waals surface area contributed by atoms with E-state index in [1.165, 1.54) is 0 Å². The predicted molar refractivity (Wildman–Crippen MR) is 109 cm³/mol. The molecule has 35 heavy (non-hydrogen) atoms. The summed E-state index contributed by atoms with van der Waals surface area (Å²) in [4.78, 5) is -0.432. The van der Waals surface area contributed by atoms with Gasteiger partial charge < -0.3 is 9.11 Å². The minimum atomic E-state index is -3.94. The normalized spacial score (nSPS) is 12.8. The van der Waals surface area contributed by atoms with Crippen molar-refractivity contribution in [1.29, 1.82) is 0 Å². The van der Waals surface area contributed by atoms with E-state index in [1.54, 1.807) is 0 Å². The van der Waals surface area contributed by atoms with Crippen LogP contribution in [0.2, 0.25) is 0 Å². The van der Waals surface area contributed by atoms with Crippen LogP contribution in [0.3, 0.4) is 0 Å². The molecule has 0 heterocycles. The first-order chi connectivity index (χ1) is 15.7. The summed E-state index contributed by atoms with van der Waals surface area (Å²) in [7, 11) is 0. The van der Waals surface area contributed by atoms with E-state index in [2.05, 4.69) is 0 Å². The van der Waals surface area contributed by atoms with Gasteiger partial charge in [-0.25, -0.2) is 21.8 Å². The summed E-state index contributed by atoms with van der Waals surface area (Å²) in [5, 5.41) is 4.23. The van der Waals surface area contributed by atoms with E-state index < -0.39 is 67.4 Å². The molecule has 0 radical (unpaired) electrons. The standard InChI is InChI=1S/2C8H6F4O2S2.Na.H2O2/c2*9-5-1-2-7(6(10)3-5)15-4-8(11,12)16(13)14;;1-2/h2*1-3H,4H2,(H,13,14);;1-2H/q;;+1;/p-1. The van der Waals surface area contributed by atoms with Crippen molar-refractivity contribution in [2.24, 2.45) is 0 Å². The van der Waals surface area contributed by atoms with Gasteiger partial charge in [-0.1, -0.05) is 0 Å². The Balaban J connectivity index is 0. The second-order valence-corrected chi connectivity index (χ2v) is 9.68. The molecule has 0 amide bonds. The molecule has 2 aromatic rings. The van der Waals surface area contributed by atoms with Gasteiger partial charge in [-0.2, -0.15) is 17.6 Å². The number of thioether (sulfide) groups is 2. The minimum absolute atomic E-state index is 0. The smallest absolute Gasteiger partial charge is 0.768 e. The first-order valence-corrected chi connectivity index (χ1v) is 12.1. The number of benzene rings is 2. The molecule has 3 N–H and O–H groups in total. The van der Waals surface area contributed by atoms with E-state index >= 15 is 0 Å². The van der Waals surface area contributed by atoms with Crippen molar-refractivity contribution >= 4 is 45.7 Å². The Kier molecular flexibility index (Phi) is 18.2. The van der Waals surface area contributed by atoms with Crippen LogP contribution in [0.15, 0.2) is 46.2 Å². The maximum absolute atomic E-state index is 13.0. The molecule has 0 aliphatic rings. The van der Waals surface area contributed by atoms with E-state index in [-0.39, 0.29) is 39.3 Å². The van der Waals surface area contributed by atoms with Crippen LogP contribution in [0, 0.1) is 23.3 Å². The number of halogens is 8. The third-order valence-corrected chi connectivity index (χ3v) is 7.03. The molecule has 19 heteroatoms. The van der Waals surface area contributed by atoms with Crippen molar-refractivity contribution in [3.05, 3.63) is 59.7 Å². The Labute approximate surface area is 228 Å². The Morgan fingerprint density at radius 3 is 1.40 bits per heavy atom. The Hall–Kier alpha value is -0.280. The molecule has 0 aliphatic heterocycles. The second-order valence-electron chi connectivity index (χ2n) is 5.49. The second kappa shape index (κ2) is 17.3. The van der Waals surface area contributed by atoms with Gasteiger partial charge in [0.2, 0.25) is 11.1 Å². The van der Waals surface area contributed by atoms with Crippen LogP contribution in [0.4, 0.5) is 35.1 Å². The fourth-order valence-corrected chi connectivity index (χ4v) is 4.12. The summed E-state index contributed by atoms with van der Waals surface area (Å²) in [6.45, 7) is 0. The molecule has 0 spiro atoms. The molecular weight excluding hydrogens is 591 g/mol. The van der Waals surface area contributed by atoms with E-state index in [0.29, 0.717) is 35.7 Å². The van der Waals surface area contributed by atoms with Gasteiger partial charge in [0.1, 0.15) is 23.3 Å². The molecule has 2 rings (SSSR count). The van der Waals surface area contributed by atoms with E-state index in [9.17, 15) is 48.1 Å². The average molecular weight is 605 g/mol. The summed E-state index contributed by atoms with van der Waals surface area (Å²) in [6, 6.07) is 4.87. The van der Waals surface area contributed by atoms with Gasteiger partial charge in [0.05, 0.1) is 11.5 Å². The van der Waals surface area contributed by atoms with Crippen molar-refractivity contribution in [2.75, 3.05) is 11.5 Å². The van der Waals surface area contributed by atoms with Crippen LogP contribution in [0.25, 0.3) is 0 Å². The molecule has 2 unspecified atom stereocenters. The number of alkyl halides is 4. The Morgan fingerprint density at radius 2 is 1.11 bits per heavy atom. The van der Waals surface area contributed by atoms with Crippen LogP contribution in [0.1, 0.15) is 0 Å². The van der Waals surface area contributed by atoms with Gasteiger partial charge in [-0.15, -0.1) is 23.5 Å². The molecule has 0 aromatic heterocycles. The molecule has 0 saturated carbocycles.